The van der Waals surface area contributed by atoms with Gasteiger partial charge in [0.05, 0.1) is 0 Å². The number of rotatable bonds is 5. The minimum Gasteiger partial charge on any atom is -0.330 e. The molecule has 2 N–H and O–H groups in total. The highest BCUT2D eigenvalue weighted by Crippen LogP contribution is 2.19. The van der Waals surface area contributed by atoms with Crippen LogP contribution in [0, 0.1) is 11.6 Å². The molecule has 2 rings (SSSR count). The van der Waals surface area contributed by atoms with Crippen molar-refractivity contribution in [3.8, 4) is 0 Å². The lowest BCUT2D eigenvalue weighted by atomic mass is 10.1. The van der Waals surface area contributed by atoms with Crippen LogP contribution in [0.4, 0.5) is 8.78 Å². The van der Waals surface area contributed by atoms with Crippen molar-refractivity contribution < 1.29 is 8.78 Å². The summed E-state index contributed by atoms with van der Waals surface area (Å²) in [6, 6.07) is 4.15. The number of nitrogens with two attached hydrogens (primary N) is 1. The van der Waals surface area contributed by atoms with Crippen molar-refractivity contribution in [2.75, 3.05) is 6.54 Å². The van der Waals surface area contributed by atoms with Crippen molar-refractivity contribution in [2.24, 2.45) is 5.73 Å². The van der Waals surface area contributed by atoms with Crippen LogP contribution in [0.15, 0.2) is 18.2 Å². The zero-order chi connectivity index (χ0) is 13.0. The van der Waals surface area contributed by atoms with Gasteiger partial charge in [-0.1, -0.05) is 12.1 Å². The van der Waals surface area contributed by atoms with E-state index in [9.17, 15) is 8.78 Å². The van der Waals surface area contributed by atoms with E-state index < -0.39 is 11.6 Å². The number of benzene rings is 1. The number of aromatic nitrogens is 2. The second-order valence-corrected chi connectivity index (χ2v) is 5.02. The highest BCUT2D eigenvalue weighted by Gasteiger charge is 2.11. The summed E-state index contributed by atoms with van der Waals surface area (Å²) in [6.07, 6.45) is 1.90. The van der Waals surface area contributed by atoms with E-state index in [0.717, 1.165) is 23.9 Å². The maximum atomic E-state index is 13.5. The van der Waals surface area contributed by atoms with Gasteiger partial charge in [0.2, 0.25) is 0 Å². The summed E-state index contributed by atoms with van der Waals surface area (Å²) in [5.74, 6) is -1.64. The van der Waals surface area contributed by atoms with E-state index >= 15 is 0 Å². The number of hydrogen-bond acceptors (Lipinski definition) is 4. The van der Waals surface area contributed by atoms with E-state index in [2.05, 4.69) is 10.2 Å². The molecule has 0 unspecified atom stereocenters. The molecule has 0 atom stereocenters. The lowest BCUT2D eigenvalue weighted by molar-refractivity contribution is 0.500. The molecule has 18 heavy (non-hydrogen) atoms. The van der Waals surface area contributed by atoms with Gasteiger partial charge >= 0.3 is 0 Å². The Morgan fingerprint density at radius 1 is 1.17 bits per heavy atom. The lowest BCUT2D eigenvalue weighted by Gasteiger charge is -2.00. The van der Waals surface area contributed by atoms with E-state index in [1.54, 1.807) is 6.07 Å². The maximum Gasteiger partial charge on any atom is 0.162 e. The number of nitrogens with zero attached hydrogens (tertiary/aromatic N) is 2. The quantitative estimate of drug-likeness (QED) is 0.906. The van der Waals surface area contributed by atoms with Crippen molar-refractivity contribution in [1.82, 2.24) is 10.2 Å². The predicted octanol–water partition coefficient (Wildman–Crippen LogP) is 2.30. The normalized spacial score (nSPS) is 10.8. The Kier molecular flexibility index (Phi) is 4.33. The van der Waals surface area contributed by atoms with Gasteiger partial charge in [-0.15, -0.1) is 21.5 Å². The second kappa shape index (κ2) is 5.97. The Labute approximate surface area is 108 Å². The molecular weight excluding hydrogens is 256 g/mol. The van der Waals surface area contributed by atoms with Gasteiger partial charge in [-0.25, -0.2) is 8.78 Å². The Balaban J connectivity index is 2.09. The summed E-state index contributed by atoms with van der Waals surface area (Å²) >= 11 is 1.42. The van der Waals surface area contributed by atoms with Gasteiger partial charge in [0, 0.05) is 12.8 Å². The first-order chi connectivity index (χ1) is 8.70. The van der Waals surface area contributed by atoms with Gasteiger partial charge in [-0.3, -0.25) is 0 Å². The number of aryl methyl sites for hydroxylation is 1. The number of halogens is 2. The number of hydrogen-bond donors (Lipinski definition) is 1. The van der Waals surface area contributed by atoms with Gasteiger partial charge in [0.15, 0.2) is 11.6 Å². The fourth-order valence-corrected chi connectivity index (χ4v) is 2.47. The molecule has 0 aliphatic carbocycles. The van der Waals surface area contributed by atoms with E-state index in [1.807, 2.05) is 0 Å². The fraction of sp³-hybridized carbons (Fsp3) is 0.333. The Bertz CT molecular complexity index is 528. The molecule has 0 saturated carbocycles. The average molecular weight is 269 g/mol. The summed E-state index contributed by atoms with van der Waals surface area (Å²) in [6.45, 7) is 0.605. The first-order valence-electron chi connectivity index (χ1n) is 5.65. The summed E-state index contributed by atoms with van der Waals surface area (Å²) < 4.78 is 26.5. The zero-order valence-corrected chi connectivity index (χ0v) is 10.5. The summed E-state index contributed by atoms with van der Waals surface area (Å²) in [4.78, 5) is 0. The van der Waals surface area contributed by atoms with Crippen molar-refractivity contribution >= 4 is 11.3 Å². The van der Waals surface area contributed by atoms with Crippen molar-refractivity contribution in [3.63, 3.8) is 0 Å². The molecule has 0 radical (unpaired) electrons. The Morgan fingerprint density at radius 3 is 2.72 bits per heavy atom. The van der Waals surface area contributed by atoms with Crippen LogP contribution in [0.2, 0.25) is 0 Å². The monoisotopic (exact) mass is 269 g/mol. The minimum absolute atomic E-state index is 0.268. The molecule has 96 valence electrons. The molecule has 0 spiro atoms. The molecule has 0 fully saturated rings. The smallest absolute Gasteiger partial charge is 0.162 e. The molecule has 0 aliphatic rings. The SMILES string of the molecule is NCCCc1nnc(Cc2cccc(F)c2F)s1. The molecular formula is C12H13F2N3S. The first-order valence-corrected chi connectivity index (χ1v) is 6.46. The van der Waals surface area contributed by atoms with Gasteiger partial charge in [0.25, 0.3) is 0 Å². The van der Waals surface area contributed by atoms with E-state index in [-0.39, 0.29) is 6.42 Å². The van der Waals surface area contributed by atoms with Crippen LogP contribution in [0.1, 0.15) is 22.0 Å². The highest BCUT2D eigenvalue weighted by atomic mass is 32.1. The molecule has 0 bridgehead atoms. The standard InChI is InChI=1S/C12H13F2N3S/c13-9-4-1-3-8(12(9)14)7-11-17-16-10(18-11)5-2-6-15/h1,3-4H,2,5-7,15H2. The summed E-state index contributed by atoms with van der Waals surface area (Å²) in [5, 5.41) is 9.54. The van der Waals surface area contributed by atoms with Gasteiger partial charge in [-0.05, 0) is 24.6 Å². The van der Waals surface area contributed by atoms with Crippen LogP contribution < -0.4 is 5.73 Å². The maximum absolute atomic E-state index is 13.5. The van der Waals surface area contributed by atoms with Crippen LogP contribution in [0.5, 0.6) is 0 Å². The molecule has 0 aliphatic heterocycles. The molecule has 1 aromatic heterocycles. The zero-order valence-electron chi connectivity index (χ0n) is 9.70. The lowest BCUT2D eigenvalue weighted by Crippen LogP contribution is -1.99. The van der Waals surface area contributed by atoms with Crippen molar-refractivity contribution in [3.05, 3.63) is 45.4 Å². The molecule has 2 aromatic rings. The van der Waals surface area contributed by atoms with Crippen LogP contribution in [0.3, 0.4) is 0 Å². The average Bonchev–Trinajstić information content (AvgIpc) is 2.80. The minimum atomic E-state index is -0.833. The van der Waals surface area contributed by atoms with Crippen LogP contribution >= 0.6 is 11.3 Å². The summed E-state index contributed by atoms with van der Waals surface area (Å²) in [5.41, 5.74) is 5.71. The topological polar surface area (TPSA) is 51.8 Å². The van der Waals surface area contributed by atoms with Gasteiger partial charge < -0.3 is 5.73 Å². The summed E-state index contributed by atoms with van der Waals surface area (Å²) in [7, 11) is 0. The first kappa shape index (κ1) is 13.0. The third-order valence-electron chi connectivity index (χ3n) is 2.48. The predicted molar refractivity (Wildman–Crippen MR) is 66.4 cm³/mol. The third kappa shape index (κ3) is 3.08. The van der Waals surface area contributed by atoms with Crippen molar-refractivity contribution in [1.29, 1.82) is 0 Å². The van der Waals surface area contributed by atoms with E-state index in [0.29, 0.717) is 17.1 Å². The molecule has 1 aromatic carbocycles. The molecule has 0 amide bonds. The fourth-order valence-electron chi connectivity index (χ4n) is 1.56. The molecule has 3 nitrogen and oxygen atoms in total. The highest BCUT2D eigenvalue weighted by molar-refractivity contribution is 7.11. The largest absolute Gasteiger partial charge is 0.330 e. The van der Waals surface area contributed by atoms with Crippen molar-refractivity contribution in [2.45, 2.75) is 19.3 Å². The second-order valence-electron chi connectivity index (χ2n) is 3.87. The molecule has 1 heterocycles. The van der Waals surface area contributed by atoms with E-state index in [1.165, 1.54) is 17.4 Å². The third-order valence-corrected chi connectivity index (χ3v) is 3.46. The Hall–Kier alpha value is -1.40. The van der Waals surface area contributed by atoms with Gasteiger partial charge in [-0.2, -0.15) is 0 Å². The molecule has 0 saturated heterocycles. The van der Waals surface area contributed by atoms with E-state index in [4.69, 9.17) is 5.73 Å². The van der Waals surface area contributed by atoms with Gasteiger partial charge in [0.1, 0.15) is 10.0 Å². The van der Waals surface area contributed by atoms with Crippen LogP contribution in [-0.4, -0.2) is 16.7 Å². The van der Waals surface area contributed by atoms with Crippen LogP contribution in [-0.2, 0) is 12.8 Å². The molecule has 6 heteroatoms. The Morgan fingerprint density at radius 2 is 1.94 bits per heavy atom. The van der Waals surface area contributed by atoms with Crippen LogP contribution in [0.25, 0.3) is 0 Å².